The van der Waals surface area contributed by atoms with Crippen LogP contribution in [-0.2, 0) is 14.8 Å². The number of ether oxygens (including phenoxy) is 1. The largest absolute Gasteiger partial charge is 0.492 e. The first kappa shape index (κ1) is 24.3. The fourth-order valence-electron chi connectivity index (χ4n) is 2.98. The first-order chi connectivity index (χ1) is 14.0. The number of hydrogen-bond acceptors (Lipinski definition) is 4. The van der Waals surface area contributed by atoms with Crippen LogP contribution in [0.3, 0.4) is 0 Å². The third-order valence-electron chi connectivity index (χ3n) is 4.55. The Morgan fingerprint density at radius 3 is 2.40 bits per heavy atom. The van der Waals surface area contributed by atoms with E-state index in [1.807, 2.05) is 13.0 Å². The molecular weight excluding hydrogens is 447 g/mol. The van der Waals surface area contributed by atoms with Crippen molar-refractivity contribution in [3.8, 4) is 5.75 Å². The average molecular weight is 473 g/mol. The number of nitrogens with one attached hydrogen (secondary N) is 1. The maximum atomic E-state index is 12.8. The number of aryl methyl sites for hydroxylation is 2. The molecule has 0 unspecified atom stereocenters. The van der Waals surface area contributed by atoms with Crippen LogP contribution in [0.15, 0.2) is 36.4 Å². The predicted octanol–water partition coefficient (Wildman–Crippen LogP) is 4.35. The molecule has 30 heavy (non-hydrogen) atoms. The van der Waals surface area contributed by atoms with Gasteiger partial charge in [-0.15, -0.1) is 0 Å². The molecule has 9 heteroatoms. The monoisotopic (exact) mass is 472 g/mol. The molecule has 0 bridgehead atoms. The summed E-state index contributed by atoms with van der Waals surface area (Å²) in [6, 6.07) is 9.40. The fraction of sp³-hybridized carbons (Fsp3) is 0.381. The lowest BCUT2D eigenvalue weighted by Gasteiger charge is -2.31. The molecule has 1 amide bonds. The molecule has 2 aromatic carbocycles. The van der Waals surface area contributed by atoms with Crippen LogP contribution in [0.25, 0.3) is 0 Å². The van der Waals surface area contributed by atoms with Crippen molar-refractivity contribution in [1.82, 2.24) is 5.32 Å². The molecule has 1 atom stereocenters. The minimum atomic E-state index is -3.73. The zero-order chi connectivity index (χ0) is 22.5. The molecular formula is C21H26Cl2N2O4S. The lowest BCUT2D eigenvalue weighted by molar-refractivity contribution is -0.122. The van der Waals surface area contributed by atoms with Gasteiger partial charge in [-0.3, -0.25) is 9.10 Å². The number of rotatable bonds is 9. The summed E-state index contributed by atoms with van der Waals surface area (Å²) in [5, 5.41) is 3.74. The summed E-state index contributed by atoms with van der Waals surface area (Å²) in [5.41, 5.74) is 2.04. The van der Waals surface area contributed by atoms with E-state index in [1.165, 1.54) is 0 Å². The van der Waals surface area contributed by atoms with Gasteiger partial charge in [0.15, 0.2) is 0 Å². The average Bonchev–Trinajstić information content (AvgIpc) is 2.67. The van der Waals surface area contributed by atoms with E-state index in [0.717, 1.165) is 16.1 Å². The van der Waals surface area contributed by atoms with E-state index < -0.39 is 22.0 Å². The second-order valence-corrected chi connectivity index (χ2v) is 9.67. The number of halogens is 2. The van der Waals surface area contributed by atoms with E-state index in [4.69, 9.17) is 27.9 Å². The highest BCUT2D eigenvalue weighted by molar-refractivity contribution is 7.92. The van der Waals surface area contributed by atoms with Gasteiger partial charge in [0.1, 0.15) is 18.4 Å². The van der Waals surface area contributed by atoms with Crippen LogP contribution in [0.1, 0.15) is 24.5 Å². The summed E-state index contributed by atoms with van der Waals surface area (Å²) in [4.78, 5) is 12.8. The van der Waals surface area contributed by atoms with E-state index in [1.54, 1.807) is 44.2 Å². The van der Waals surface area contributed by atoms with Gasteiger partial charge in [-0.2, -0.15) is 0 Å². The van der Waals surface area contributed by atoms with Crippen LogP contribution >= 0.6 is 23.2 Å². The third kappa shape index (κ3) is 6.27. The van der Waals surface area contributed by atoms with Crippen molar-refractivity contribution in [2.45, 2.75) is 33.2 Å². The molecule has 0 heterocycles. The van der Waals surface area contributed by atoms with Crippen molar-refractivity contribution in [3.63, 3.8) is 0 Å². The van der Waals surface area contributed by atoms with Crippen molar-refractivity contribution < 1.29 is 17.9 Å². The number of benzene rings is 2. The van der Waals surface area contributed by atoms with Gasteiger partial charge in [-0.05, 0) is 55.7 Å². The van der Waals surface area contributed by atoms with Crippen LogP contribution < -0.4 is 14.4 Å². The van der Waals surface area contributed by atoms with Crippen molar-refractivity contribution in [3.05, 3.63) is 57.6 Å². The lowest BCUT2D eigenvalue weighted by atomic mass is 10.1. The van der Waals surface area contributed by atoms with E-state index in [-0.39, 0.29) is 13.2 Å². The predicted molar refractivity (Wildman–Crippen MR) is 122 cm³/mol. The van der Waals surface area contributed by atoms with Crippen LogP contribution in [0, 0.1) is 13.8 Å². The summed E-state index contributed by atoms with van der Waals surface area (Å²) in [7, 11) is -3.73. The maximum Gasteiger partial charge on any atom is 0.244 e. The van der Waals surface area contributed by atoms with Gasteiger partial charge in [-0.1, -0.05) is 42.3 Å². The zero-order valence-corrected chi connectivity index (χ0v) is 19.7. The third-order valence-corrected chi connectivity index (χ3v) is 6.36. The Labute approximate surface area is 188 Å². The van der Waals surface area contributed by atoms with Crippen molar-refractivity contribution in [2.75, 3.05) is 23.7 Å². The quantitative estimate of drug-likeness (QED) is 0.550. The summed E-state index contributed by atoms with van der Waals surface area (Å²) >= 11 is 12.1. The molecule has 6 nitrogen and oxygen atoms in total. The smallest absolute Gasteiger partial charge is 0.244 e. The van der Waals surface area contributed by atoms with Gasteiger partial charge in [0.25, 0.3) is 0 Å². The molecule has 0 aromatic heterocycles. The second kappa shape index (κ2) is 10.4. The molecule has 0 aliphatic rings. The number of carbonyl (C=O) groups excluding carboxylic acids is 1. The molecule has 0 saturated carbocycles. The maximum absolute atomic E-state index is 12.8. The first-order valence-electron chi connectivity index (χ1n) is 9.46. The van der Waals surface area contributed by atoms with Gasteiger partial charge in [0, 0.05) is 10.0 Å². The summed E-state index contributed by atoms with van der Waals surface area (Å²) in [6.45, 7) is 5.86. The number of sulfonamides is 1. The van der Waals surface area contributed by atoms with Crippen LogP contribution in [0.4, 0.5) is 5.69 Å². The van der Waals surface area contributed by atoms with Crippen molar-refractivity contribution >= 4 is 44.8 Å². The minimum Gasteiger partial charge on any atom is -0.492 e. The number of hydrogen-bond donors (Lipinski definition) is 1. The van der Waals surface area contributed by atoms with Gasteiger partial charge < -0.3 is 10.1 Å². The Hall–Kier alpha value is -1.96. The highest BCUT2D eigenvalue weighted by Crippen LogP contribution is 2.29. The lowest BCUT2D eigenvalue weighted by Crippen LogP contribution is -2.50. The zero-order valence-electron chi connectivity index (χ0n) is 17.4. The van der Waals surface area contributed by atoms with E-state index >= 15 is 0 Å². The SMILES string of the molecule is CC[C@@H](C(=O)NCCOc1ccc(C)c(Cl)c1)N(c1cc(Cl)ccc1C)S(C)(=O)=O. The molecule has 0 spiro atoms. The highest BCUT2D eigenvalue weighted by Gasteiger charge is 2.32. The Morgan fingerprint density at radius 1 is 1.13 bits per heavy atom. The van der Waals surface area contributed by atoms with Crippen LogP contribution in [-0.4, -0.2) is 39.8 Å². The Morgan fingerprint density at radius 2 is 1.80 bits per heavy atom. The molecule has 0 saturated heterocycles. The molecule has 0 fully saturated rings. The molecule has 0 aliphatic carbocycles. The minimum absolute atomic E-state index is 0.215. The van der Waals surface area contributed by atoms with E-state index in [9.17, 15) is 13.2 Å². The number of carbonyl (C=O) groups is 1. The fourth-order valence-corrected chi connectivity index (χ4v) is 4.58. The number of anilines is 1. The second-order valence-electron chi connectivity index (χ2n) is 6.96. The van der Waals surface area contributed by atoms with Gasteiger partial charge >= 0.3 is 0 Å². The van der Waals surface area contributed by atoms with Gasteiger partial charge in [0.05, 0.1) is 18.5 Å². The molecule has 2 aromatic rings. The number of nitrogens with zero attached hydrogens (tertiary/aromatic N) is 1. The molecule has 164 valence electrons. The van der Waals surface area contributed by atoms with E-state index in [0.29, 0.717) is 33.5 Å². The number of amides is 1. The van der Waals surface area contributed by atoms with E-state index in [2.05, 4.69) is 5.32 Å². The van der Waals surface area contributed by atoms with Crippen molar-refractivity contribution in [1.29, 1.82) is 0 Å². The van der Waals surface area contributed by atoms with Crippen LogP contribution in [0.2, 0.25) is 10.0 Å². The molecule has 0 radical (unpaired) electrons. The first-order valence-corrected chi connectivity index (χ1v) is 12.1. The standard InChI is InChI=1S/C21H26Cl2N2O4S/c1-5-19(25(30(4,27)28)20-12-16(22)8-6-15(20)3)21(26)24-10-11-29-17-9-7-14(2)18(23)13-17/h6-9,12-13,19H,5,10-11H2,1-4H3,(H,24,26)/t19-/m0/s1. The molecule has 0 aliphatic heterocycles. The van der Waals surface area contributed by atoms with Crippen molar-refractivity contribution in [2.24, 2.45) is 0 Å². The van der Waals surface area contributed by atoms with Gasteiger partial charge in [0.2, 0.25) is 15.9 Å². The molecule has 1 N–H and O–H groups in total. The normalized spacial score (nSPS) is 12.3. The summed E-state index contributed by atoms with van der Waals surface area (Å²) < 4.78 is 31.8. The topological polar surface area (TPSA) is 75.7 Å². The summed E-state index contributed by atoms with van der Waals surface area (Å²) in [5.74, 6) is 0.187. The Balaban J connectivity index is 2.10. The Kier molecular flexibility index (Phi) is 8.41. The van der Waals surface area contributed by atoms with Crippen LogP contribution in [0.5, 0.6) is 5.75 Å². The summed E-state index contributed by atoms with van der Waals surface area (Å²) in [6.07, 6.45) is 1.37. The molecule has 2 rings (SSSR count). The highest BCUT2D eigenvalue weighted by atomic mass is 35.5. The van der Waals surface area contributed by atoms with Gasteiger partial charge in [-0.25, -0.2) is 8.42 Å². The Bertz CT molecular complexity index is 1010.